The average molecular weight is 393 g/mol. The molecule has 0 fully saturated rings. The minimum atomic E-state index is -0.736. The molecule has 1 N–H and O–H groups in total. The maximum absolute atomic E-state index is 11.7. The van der Waals surface area contributed by atoms with Crippen LogP contribution in [0.15, 0.2) is 39.4 Å². The van der Waals surface area contributed by atoms with Gasteiger partial charge in [-0.15, -0.1) is 0 Å². The molecule has 2 aromatic rings. The number of carbonyl (C=O) groups excluding carboxylic acids is 2. The Morgan fingerprint density at radius 2 is 1.86 bits per heavy atom. The lowest BCUT2D eigenvalue weighted by molar-refractivity contribution is -0.119. The van der Waals surface area contributed by atoms with Crippen molar-refractivity contribution < 1.29 is 18.7 Å². The van der Waals surface area contributed by atoms with E-state index in [1.807, 2.05) is 0 Å². The van der Waals surface area contributed by atoms with Gasteiger partial charge in [0.1, 0.15) is 0 Å². The summed E-state index contributed by atoms with van der Waals surface area (Å²) in [5.74, 6) is -1.26. The number of rotatable bonds is 4. The third kappa shape index (κ3) is 4.77. The standard InChI is InChI=1S/C13H8BrCl2NO4/c14-11-2-1-10(21-11)13(19)20-6-12(18)17-9-4-7(15)3-8(16)5-9/h1-5H,6H2,(H,17,18). The summed E-state index contributed by atoms with van der Waals surface area (Å²) in [5, 5.41) is 3.28. The molecular weight excluding hydrogens is 385 g/mol. The van der Waals surface area contributed by atoms with E-state index in [2.05, 4.69) is 21.2 Å². The molecule has 0 saturated heterocycles. The predicted molar refractivity (Wildman–Crippen MR) is 81.8 cm³/mol. The first-order chi connectivity index (χ1) is 9.94. The Hall–Kier alpha value is -1.50. The van der Waals surface area contributed by atoms with E-state index >= 15 is 0 Å². The summed E-state index contributed by atoms with van der Waals surface area (Å²) in [4.78, 5) is 23.2. The number of hydrogen-bond acceptors (Lipinski definition) is 4. The van der Waals surface area contributed by atoms with Gasteiger partial charge in [-0.25, -0.2) is 4.79 Å². The molecule has 0 bridgehead atoms. The molecule has 0 saturated carbocycles. The Morgan fingerprint density at radius 1 is 1.19 bits per heavy atom. The van der Waals surface area contributed by atoms with E-state index < -0.39 is 18.5 Å². The first-order valence-corrected chi connectivity index (χ1v) is 7.17. The maximum atomic E-state index is 11.7. The Labute approximate surface area is 138 Å². The van der Waals surface area contributed by atoms with E-state index in [-0.39, 0.29) is 5.76 Å². The monoisotopic (exact) mass is 391 g/mol. The Kier molecular flexibility index (Phi) is 5.27. The number of hydrogen-bond donors (Lipinski definition) is 1. The van der Waals surface area contributed by atoms with Gasteiger partial charge in [-0.3, -0.25) is 4.79 Å². The van der Waals surface area contributed by atoms with Crippen molar-refractivity contribution in [2.45, 2.75) is 0 Å². The van der Waals surface area contributed by atoms with E-state index in [0.29, 0.717) is 20.4 Å². The molecule has 0 unspecified atom stereocenters. The van der Waals surface area contributed by atoms with Crippen LogP contribution in [-0.2, 0) is 9.53 Å². The van der Waals surface area contributed by atoms with Crippen molar-refractivity contribution in [3.8, 4) is 0 Å². The maximum Gasteiger partial charge on any atom is 0.374 e. The number of benzene rings is 1. The second-order valence-electron chi connectivity index (χ2n) is 3.89. The number of nitrogens with one attached hydrogen (secondary N) is 1. The van der Waals surface area contributed by atoms with Gasteiger partial charge >= 0.3 is 5.97 Å². The lowest BCUT2D eigenvalue weighted by atomic mass is 10.3. The van der Waals surface area contributed by atoms with Gasteiger partial charge in [0.15, 0.2) is 11.3 Å². The number of furan rings is 1. The Bertz CT molecular complexity index is 666. The Morgan fingerprint density at radius 3 is 2.43 bits per heavy atom. The summed E-state index contributed by atoms with van der Waals surface area (Å²) >= 11 is 14.7. The van der Waals surface area contributed by atoms with Crippen LogP contribution in [0.3, 0.4) is 0 Å². The number of ether oxygens (including phenoxy) is 1. The van der Waals surface area contributed by atoms with Crippen LogP contribution in [0.4, 0.5) is 5.69 Å². The van der Waals surface area contributed by atoms with Crippen molar-refractivity contribution in [1.29, 1.82) is 0 Å². The van der Waals surface area contributed by atoms with Crippen LogP contribution >= 0.6 is 39.1 Å². The highest BCUT2D eigenvalue weighted by Crippen LogP contribution is 2.22. The third-order valence-corrected chi connectivity index (χ3v) is 3.12. The van der Waals surface area contributed by atoms with Gasteiger partial charge in [-0.05, 0) is 46.3 Å². The summed E-state index contributed by atoms with van der Waals surface area (Å²) in [6.07, 6.45) is 0. The lowest BCUT2D eigenvalue weighted by Gasteiger charge is -2.06. The van der Waals surface area contributed by atoms with Crippen LogP contribution in [0.2, 0.25) is 10.0 Å². The summed E-state index contributed by atoms with van der Waals surface area (Å²) in [7, 11) is 0. The molecule has 5 nitrogen and oxygen atoms in total. The number of halogens is 3. The highest BCUT2D eigenvalue weighted by molar-refractivity contribution is 9.10. The zero-order chi connectivity index (χ0) is 15.4. The van der Waals surface area contributed by atoms with E-state index in [4.69, 9.17) is 32.4 Å². The first kappa shape index (κ1) is 15.9. The van der Waals surface area contributed by atoms with Gasteiger partial charge in [0.2, 0.25) is 5.76 Å². The molecule has 0 atom stereocenters. The molecule has 2 rings (SSSR count). The third-order valence-electron chi connectivity index (χ3n) is 2.26. The smallest absolute Gasteiger partial charge is 0.374 e. The van der Waals surface area contributed by atoms with Crippen molar-refractivity contribution in [2.75, 3.05) is 11.9 Å². The molecule has 1 aromatic heterocycles. The van der Waals surface area contributed by atoms with Crippen LogP contribution < -0.4 is 5.32 Å². The molecule has 21 heavy (non-hydrogen) atoms. The fourth-order valence-corrected chi connectivity index (χ4v) is 2.28. The summed E-state index contributed by atoms with van der Waals surface area (Å²) in [5.41, 5.74) is 0.411. The van der Waals surface area contributed by atoms with Crippen LogP contribution in [-0.4, -0.2) is 18.5 Å². The predicted octanol–water partition coefficient (Wildman–Crippen LogP) is 4.14. The quantitative estimate of drug-likeness (QED) is 0.793. The normalized spacial score (nSPS) is 10.2. The van der Waals surface area contributed by atoms with Crippen LogP contribution in [0.5, 0.6) is 0 Å². The highest BCUT2D eigenvalue weighted by Gasteiger charge is 2.14. The minimum absolute atomic E-state index is 0.000440. The fraction of sp³-hybridized carbons (Fsp3) is 0.0769. The van der Waals surface area contributed by atoms with E-state index in [1.54, 1.807) is 6.07 Å². The van der Waals surface area contributed by atoms with E-state index in [0.717, 1.165) is 0 Å². The van der Waals surface area contributed by atoms with E-state index in [1.165, 1.54) is 24.3 Å². The van der Waals surface area contributed by atoms with Crippen LogP contribution in [0, 0.1) is 0 Å². The number of amides is 1. The van der Waals surface area contributed by atoms with Gasteiger partial charge in [0.25, 0.3) is 5.91 Å². The van der Waals surface area contributed by atoms with E-state index in [9.17, 15) is 9.59 Å². The topological polar surface area (TPSA) is 68.5 Å². The average Bonchev–Trinajstić information content (AvgIpc) is 2.81. The number of anilines is 1. The SMILES string of the molecule is O=C(COC(=O)c1ccc(Br)o1)Nc1cc(Cl)cc(Cl)c1. The van der Waals surface area contributed by atoms with Crippen molar-refractivity contribution in [2.24, 2.45) is 0 Å². The fourth-order valence-electron chi connectivity index (χ4n) is 1.45. The lowest BCUT2D eigenvalue weighted by Crippen LogP contribution is -2.20. The minimum Gasteiger partial charge on any atom is -0.450 e. The Balaban J connectivity index is 1.88. The van der Waals surface area contributed by atoms with Gasteiger partial charge in [0, 0.05) is 15.7 Å². The molecule has 0 spiro atoms. The zero-order valence-corrected chi connectivity index (χ0v) is 13.5. The highest BCUT2D eigenvalue weighted by atomic mass is 79.9. The second kappa shape index (κ2) is 6.98. The number of esters is 1. The molecule has 1 aromatic carbocycles. The number of carbonyl (C=O) groups is 2. The van der Waals surface area contributed by atoms with Crippen molar-refractivity contribution >= 4 is 56.7 Å². The molecular formula is C13H8BrCl2NO4. The molecule has 1 heterocycles. The molecule has 110 valence electrons. The summed E-state index contributed by atoms with van der Waals surface area (Å²) in [6.45, 7) is -0.457. The van der Waals surface area contributed by atoms with Gasteiger partial charge in [-0.2, -0.15) is 0 Å². The van der Waals surface area contributed by atoms with Crippen molar-refractivity contribution in [3.63, 3.8) is 0 Å². The molecule has 0 aliphatic carbocycles. The van der Waals surface area contributed by atoms with Gasteiger partial charge in [-0.1, -0.05) is 23.2 Å². The molecule has 8 heteroatoms. The van der Waals surface area contributed by atoms with Crippen LogP contribution in [0.1, 0.15) is 10.6 Å². The van der Waals surface area contributed by atoms with Gasteiger partial charge in [0.05, 0.1) is 0 Å². The molecule has 1 amide bonds. The van der Waals surface area contributed by atoms with Crippen molar-refractivity contribution in [1.82, 2.24) is 0 Å². The largest absolute Gasteiger partial charge is 0.450 e. The van der Waals surface area contributed by atoms with Gasteiger partial charge < -0.3 is 14.5 Å². The zero-order valence-electron chi connectivity index (χ0n) is 10.4. The summed E-state index contributed by atoms with van der Waals surface area (Å²) in [6, 6.07) is 7.56. The van der Waals surface area contributed by atoms with Crippen LogP contribution in [0.25, 0.3) is 0 Å². The summed E-state index contributed by atoms with van der Waals surface area (Å²) < 4.78 is 10.2. The second-order valence-corrected chi connectivity index (χ2v) is 5.54. The molecule has 0 aliphatic rings. The molecule has 0 aliphatic heterocycles. The van der Waals surface area contributed by atoms with Crippen molar-refractivity contribution in [3.05, 3.63) is 50.8 Å². The molecule has 0 radical (unpaired) electrons. The first-order valence-electron chi connectivity index (χ1n) is 5.62.